The van der Waals surface area contributed by atoms with Crippen molar-refractivity contribution in [2.45, 2.75) is 16.1 Å². The molecule has 0 unspecified atom stereocenters. The summed E-state index contributed by atoms with van der Waals surface area (Å²) in [5.74, 6) is -1.54. The first-order chi connectivity index (χ1) is 8.22. The second-order valence-electron chi connectivity index (χ2n) is 4.07. The number of thioether (sulfide) groups is 1. The molecule has 2 heterocycles. The molecule has 0 saturated heterocycles. The van der Waals surface area contributed by atoms with Crippen molar-refractivity contribution in [2.24, 2.45) is 0 Å². The fraction of sp³-hybridized carbons (Fsp3) is 0.250. The van der Waals surface area contributed by atoms with Gasteiger partial charge < -0.3 is 20.0 Å². The number of nitrogens with one attached hydrogen (secondary N) is 1. The summed E-state index contributed by atoms with van der Waals surface area (Å²) < 4.78 is 0. The molecule has 0 spiro atoms. The summed E-state index contributed by atoms with van der Waals surface area (Å²) in [6.07, 6.45) is 1.78. The van der Waals surface area contributed by atoms with Crippen molar-refractivity contribution < 1.29 is 44.6 Å². The van der Waals surface area contributed by atoms with Crippen molar-refractivity contribution in [3.8, 4) is 0 Å². The summed E-state index contributed by atoms with van der Waals surface area (Å²) >= 11 is 1.25. The predicted molar refractivity (Wildman–Crippen MR) is 62.8 cm³/mol. The van der Waals surface area contributed by atoms with Crippen molar-refractivity contribution in [3.05, 3.63) is 30.0 Å². The number of aliphatic carboxylic acids is 1. The van der Waals surface area contributed by atoms with Gasteiger partial charge in [-0.15, -0.1) is 11.8 Å². The van der Waals surface area contributed by atoms with Gasteiger partial charge in [-0.1, -0.05) is 6.07 Å². The third kappa shape index (κ3) is 2.00. The number of benzene rings is 1. The van der Waals surface area contributed by atoms with Crippen LogP contribution in [0.5, 0.6) is 0 Å². The summed E-state index contributed by atoms with van der Waals surface area (Å²) in [4.78, 5) is 15.2. The van der Waals surface area contributed by atoms with E-state index in [4.69, 9.17) is 0 Å². The first-order valence-electron chi connectivity index (χ1n) is 5.30. The van der Waals surface area contributed by atoms with Crippen LogP contribution in [0.3, 0.4) is 0 Å². The van der Waals surface area contributed by atoms with Crippen molar-refractivity contribution >= 4 is 28.6 Å². The van der Waals surface area contributed by atoms with Crippen LogP contribution in [0.15, 0.2) is 29.3 Å². The monoisotopic (exact) mass is 271 g/mol. The molecule has 88 valence electrons. The molecule has 0 saturated carbocycles. The van der Waals surface area contributed by atoms with Gasteiger partial charge in [0.1, 0.15) is 0 Å². The minimum atomic E-state index is -1.13. The maximum atomic E-state index is 11.1. The Morgan fingerprint density at radius 2 is 2.28 bits per heavy atom. The number of carboxylic acid groups (broad SMARTS) is 1. The van der Waals surface area contributed by atoms with Crippen LogP contribution < -0.4 is 34.7 Å². The Hall–Kier alpha value is -0.460. The summed E-state index contributed by atoms with van der Waals surface area (Å²) in [5.41, 5.74) is 1.84. The molecule has 2 aromatic rings. The van der Waals surface area contributed by atoms with Gasteiger partial charge in [-0.25, -0.2) is 0 Å². The van der Waals surface area contributed by atoms with Crippen LogP contribution in [0, 0.1) is 0 Å². The molecule has 0 bridgehead atoms. The van der Waals surface area contributed by atoms with Crippen molar-refractivity contribution in [3.63, 3.8) is 0 Å². The van der Waals surface area contributed by atoms with E-state index in [0.29, 0.717) is 0 Å². The summed E-state index contributed by atoms with van der Waals surface area (Å²) in [6, 6.07) is 5.72. The number of carboxylic acids is 1. The van der Waals surface area contributed by atoms with Gasteiger partial charge in [-0.05, 0) is 17.7 Å². The standard InChI is InChI=1S/C12H11NO3S.Na/c14-5-7-6-4-13-8-2-1-3-9(10(6)8)17-11(7)12(15)16;/h1-4,7,11,13-14H,5H2,(H,15,16);/q;+1/p-1/t7-,11-;/m1./s1. The largest absolute Gasteiger partial charge is 1.00 e. The first-order valence-corrected chi connectivity index (χ1v) is 6.18. The molecule has 2 N–H and O–H groups in total. The summed E-state index contributed by atoms with van der Waals surface area (Å²) in [7, 11) is 0. The number of hydrogen-bond acceptors (Lipinski definition) is 4. The Labute approximate surface area is 130 Å². The summed E-state index contributed by atoms with van der Waals surface area (Å²) in [5, 5.41) is 20.8. The Bertz CT molecular complexity index is 598. The number of aliphatic hydroxyl groups is 1. The van der Waals surface area contributed by atoms with Gasteiger partial charge in [0.15, 0.2) is 0 Å². The molecular weight excluding hydrogens is 261 g/mol. The van der Waals surface area contributed by atoms with Gasteiger partial charge in [0.25, 0.3) is 0 Å². The molecular formula is C12H10NNaO3S. The minimum Gasteiger partial charge on any atom is -0.549 e. The molecule has 1 aromatic carbocycles. The molecule has 0 fully saturated rings. The van der Waals surface area contributed by atoms with E-state index in [0.717, 1.165) is 21.4 Å². The van der Waals surface area contributed by atoms with E-state index in [2.05, 4.69) is 4.98 Å². The molecule has 1 aliphatic rings. The Morgan fingerprint density at radius 3 is 2.94 bits per heavy atom. The molecule has 0 aliphatic carbocycles. The van der Waals surface area contributed by atoms with Crippen molar-refractivity contribution in [1.82, 2.24) is 4.98 Å². The molecule has 0 amide bonds. The molecule has 2 atom stereocenters. The van der Waals surface area contributed by atoms with Crippen LogP contribution >= 0.6 is 11.8 Å². The fourth-order valence-corrected chi connectivity index (χ4v) is 3.63. The predicted octanol–water partition coefficient (Wildman–Crippen LogP) is -2.53. The second kappa shape index (κ2) is 5.27. The Kier molecular flexibility index (Phi) is 4.08. The Balaban J connectivity index is 0.00000120. The van der Waals surface area contributed by atoms with E-state index in [1.165, 1.54) is 11.8 Å². The fourth-order valence-electron chi connectivity index (χ4n) is 2.36. The van der Waals surface area contributed by atoms with E-state index in [1.54, 1.807) is 6.20 Å². The SMILES string of the molecule is O=C([O-])[C@@H]1Sc2cccc3[nH]cc(c23)[C@H]1CO.[Na+]. The molecule has 3 rings (SSSR count). The smallest absolute Gasteiger partial charge is 0.549 e. The number of H-pyrrole nitrogens is 1. The number of hydrogen-bond donors (Lipinski definition) is 2. The van der Waals surface area contributed by atoms with Crippen LogP contribution in [0.2, 0.25) is 0 Å². The van der Waals surface area contributed by atoms with Crippen LogP contribution in [0.1, 0.15) is 11.5 Å². The Morgan fingerprint density at radius 1 is 1.50 bits per heavy atom. The van der Waals surface area contributed by atoms with E-state index in [9.17, 15) is 15.0 Å². The third-order valence-electron chi connectivity index (χ3n) is 3.15. The molecule has 18 heavy (non-hydrogen) atoms. The number of rotatable bonds is 2. The number of carbonyl (C=O) groups excluding carboxylic acids is 1. The summed E-state index contributed by atoms with van der Waals surface area (Å²) in [6.45, 7) is -0.188. The normalized spacial score (nSPS) is 21.6. The average Bonchev–Trinajstić information content (AvgIpc) is 2.75. The number of aromatic amines is 1. The van der Waals surface area contributed by atoms with Gasteiger partial charge in [-0.3, -0.25) is 0 Å². The number of carbonyl (C=O) groups is 1. The number of aromatic nitrogens is 1. The molecule has 1 aromatic heterocycles. The van der Waals surface area contributed by atoms with Gasteiger partial charge in [0.05, 0.1) is 17.8 Å². The number of aliphatic hydroxyl groups excluding tert-OH is 1. The minimum absolute atomic E-state index is 0. The van der Waals surface area contributed by atoms with E-state index in [1.807, 2.05) is 18.2 Å². The zero-order valence-corrected chi connectivity index (χ0v) is 12.7. The molecule has 1 aliphatic heterocycles. The molecule has 6 heteroatoms. The van der Waals surface area contributed by atoms with Gasteiger partial charge in [-0.2, -0.15) is 0 Å². The van der Waals surface area contributed by atoms with Crippen LogP contribution in [-0.2, 0) is 4.79 Å². The second-order valence-corrected chi connectivity index (χ2v) is 5.25. The zero-order valence-electron chi connectivity index (χ0n) is 9.84. The van der Waals surface area contributed by atoms with E-state index < -0.39 is 17.1 Å². The van der Waals surface area contributed by atoms with Crippen molar-refractivity contribution in [1.29, 1.82) is 0 Å². The zero-order chi connectivity index (χ0) is 12.0. The quantitative estimate of drug-likeness (QED) is 0.591. The van der Waals surface area contributed by atoms with E-state index >= 15 is 0 Å². The van der Waals surface area contributed by atoms with Crippen LogP contribution in [-0.4, -0.2) is 27.9 Å². The average molecular weight is 271 g/mol. The third-order valence-corrected chi connectivity index (χ3v) is 4.51. The maximum Gasteiger partial charge on any atom is 1.00 e. The molecule has 0 radical (unpaired) electrons. The van der Waals surface area contributed by atoms with Crippen LogP contribution in [0.25, 0.3) is 10.9 Å². The van der Waals surface area contributed by atoms with E-state index in [-0.39, 0.29) is 36.2 Å². The molecule has 4 nitrogen and oxygen atoms in total. The van der Waals surface area contributed by atoms with Crippen LogP contribution in [0.4, 0.5) is 0 Å². The van der Waals surface area contributed by atoms with Crippen molar-refractivity contribution in [2.75, 3.05) is 6.61 Å². The maximum absolute atomic E-state index is 11.1. The van der Waals surface area contributed by atoms with Gasteiger partial charge >= 0.3 is 29.6 Å². The van der Waals surface area contributed by atoms with Gasteiger partial charge in [0, 0.05) is 27.9 Å². The first kappa shape index (κ1) is 14.0. The van der Waals surface area contributed by atoms with Gasteiger partial charge in [0.2, 0.25) is 0 Å². The topological polar surface area (TPSA) is 76.1 Å².